The van der Waals surface area contributed by atoms with Gasteiger partial charge >= 0.3 is 0 Å². The van der Waals surface area contributed by atoms with Crippen LogP contribution in [0.5, 0.6) is 0 Å². The number of rotatable bonds is 4. The molecule has 1 unspecified atom stereocenters. The molecule has 0 spiro atoms. The highest BCUT2D eigenvalue weighted by Crippen LogP contribution is 2.17. The minimum absolute atomic E-state index is 0.0859. The van der Waals surface area contributed by atoms with Crippen molar-refractivity contribution in [2.24, 2.45) is 12.8 Å². The maximum absolute atomic E-state index is 6.30. The highest BCUT2D eigenvalue weighted by Gasteiger charge is 2.13. The first kappa shape index (κ1) is 13.6. The molecule has 1 aromatic carbocycles. The summed E-state index contributed by atoms with van der Waals surface area (Å²) in [6.07, 6.45) is 4.57. The monoisotopic (exact) mass is 281 g/mol. The molecule has 21 heavy (non-hydrogen) atoms. The molecule has 2 heterocycles. The summed E-state index contributed by atoms with van der Waals surface area (Å²) >= 11 is 0. The van der Waals surface area contributed by atoms with Crippen molar-refractivity contribution in [3.63, 3.8) is 0 Å². The number of aromatic nitrogens is 4. The summed E-state index contributed by atoms with van der Waals surface area (Å²) in [5.74, 6) is 0. The molecule has 2 N–H and O–H groups in total. The van der Waals surface area contributed by atoms with Crippen molar-refractivity contribution in [2.75, 3.05) is 0 Å². The van der Waals surface area contributed by atoms with Crippen molar-refractivity contribution < 1.29 is 0 Å². The first-order valence-corrected chi connectivity index (χ1v) is 6.98. The Morgan fingerprint density at radius 1 is 1.24 bits per heavy atom. The van der Waals surface area contributed by atoms with Gasteiger partial charge < -0.3 is 5.73 Å². The molecular weight excluding hydrogens is 262 g/mol. The van der Waals surface area contributed by atoms with Crippen molar-refractivity contribution in [2.45, 2.75) is 19.4 Å². The molecule has 0 aliphatic rings. The van der Waals surface area contributed by atoms with Gasteiger partial charge in [0.15, 0.2) is 0 Å². The van der Waals surface area contributed by atoms with Crippen LogP contribution in [0, 0.1) is 6.92 Å². The lowest BCUT2D eigenvalue weighted by Crippen LogP contribution is -2.14. The molecule has 0 saturated carbocycles. The van der Waals surface area contributed by atoms with Crippen molar-refractivity contribution in [1.82, 2.24) is 19.6 Å². The van der Waals surface area contributed by atoms with Gasteiger partial charge in [-0.15, -0.1) is 0 Å². The van der Waals surface area contributed by atoms with Gasteiger partial charge in [-0.2, -0.15) is 10.2 Å². The molecule has 0 aliphatic carbocycles. The fourth-order valence-corrected chi connectivity index (χ4v) is 2.45. The van der Waals surface area contributed by atoms with E-state index in [4.69, 9.17) is 5.73 Å². The highest BCUT2D eigenvalue weighted by molar-refractivity contribution is 5.31. The maximum Gasteiger partial charge on any atom is 0.0645 e. The quantitative estimate of drug-likeness (QED) is 0.797. The normalized spacial score (nSPS) is 12.5. The summed E-state index contributed by atoms with van der Waals surface area (Å²) < 4.78 is 3.74. The van der Waals surface area contributed by atoms with Crippen LogP contribution >= 0.6 is 0 Å². The van der Waals surface area contributed by atoms with Gasteiger partial charge in [-0.25, -0.2) is 4.68 Å². The Hall–Kier alpha value is -2.40. The van der Waals surface area contributed by atoms with Crippen molar-refractivity contribution in [1.29, 1.82) is 0 Å². The van der Waals surface area contributed by atoms with Gasteiger partial charge in [-0.1, -0.05) is 18.2 Å². The van der Waals surface area contributed by atoms with E-state index in [1.807, 2.05) is 66.1 Å². The first-order chi connectivity index (χ1) is 10.1. The van der Waals surface area contributed by atoms with E-state index in [-0.39, 0.29) is 6.04 Å². The average Bonchev–Trinajstić information content (AvgIpc) is 3.07. The molecule has 5 heteroatoms. The number of benzene rings is 1. The summed E-state index contributed by atoms with van der Waals surface area (Å²) in [4.78, 5) is 0. The van der Waals surface area contributed by atoms with E-state index in [1.165, 1.54) is 0 Å². The Kier molecular flexibility index (Phi) is 3.58. The zero-order chi connectivity index (χ0) is 14.8. The van der Waals surface area contributed by atoms with Gasteiger partial charge in [0.05, 0.1) is 17.6 Å². The number of hydrogen-bond acceptors (Lipinski definition) is 3. The van der Waals surface area contributed by atoms with E-state index in [0.29, 0.717) is 0 Å². The third-order valence-corrected chi connectivity index (χ3v) is 3.58. The second-order valence-electron chi connectivity index (χ2n) is 5.27. The van der Waals surface area contributed by atoms with Crippen molar-refractivity contribution >= 4 is 0 Å². The third-order valence-electron chi connectivity index (χ3n) is 3.58. The van der Waals surface area contributed by atoms with Crippen molar-refractivity contribution in [3.8, 4) is 5.69 Å². The summed E-state index contributed by atoms with van der Waals surface area (Å²) in [6.45, 7) is 1.99. The largest absolute Gasteiger partial charge is 0.324 e. The number of nitrogens with two attached hydrogens (primary N) is 1. The van der Waals surface area contributed by atoms with Gasteiger partial charge in [0.1, 0.15) is 0 Å². The molecule has 5 nitrogen and oxygen atoms in total. The average molecular weight is 281 g/mol. The number of nitrogens with zero attached hydrogens (tertiary/aromatic N) is 4. The molecular formula is C16H19N5. The molecule has 0 aliphatic heterocycles. The lowest BCUT2D eigenvalue weighted by molar-refractivity contribution is 0.639. The summed E-state index contributed by atoms with van der Waals surface area (Å²) in [5, 5.41) is 8.74. The Bertz CT molecular complexity index is 726. The summed E-state index contributed by atoms with van der Waals surface area (Å²) in [5.41, 5.74) is 10.5. The topological polar surface area (TPSA) is 61.7 Å². The Morgan fingerprint density at radius 2 is 2.00 bits per heavy atom. The van der Waals surface area contributed by atoms with E-state index in [0.717, 1.165) is 29.1 Å². The van der Waals surface area contributed by atoms with E-state index in [2.05, 4.69) is 16.3 Å². The zero-order valence-electron chi connectivity index (χ0n) is 12.3. The second kappa shape index (κ2) is 5.54. The lowest BCUT2D eigenvalue weighted by Gasteiger charge is -2.09. The van der Waals surface area contributed by atoms with Crippen LogP contribution in [0.3, 0.4) is 0 Å². The van der Waals surface area contributed by atoms with Crippen LogP contribution in [0.15, 0.2) is 48.8 Å². The van der Waals surface area contributed by atoms with Gasteiger partial charge in [-0.05, 0) is 25.1 Å². The Labute approximate surface area is 124 Å². The zero-order valence-corrected chi connectivity index (χ0v) is 12.3. The van der Waals surface area contributed by atoms with E-state index in [1.54, 1.807) is 0 Å². The smallest absolute Gasteiger partial charge is 0.0645 e. The Morgan fingerprint density at radius 3 is 2.67 bits per heavy atom. The number of aryl methyl sites for hydroxylation is 2. The predicted octanol–water partition coefficient (Wildman–Crippen LogP) is 2.16. The highest BCUT2D eigenvalue weighted by atomic mass is 15.3. The molecule has 2 aromatic heterocycles. The molecule has 0 bridgehead atoms. The van der Waals surface area contributed by atoms with E-state index >= 15 is 0 Å². The van der Waals surface area contributed by atoms with E-state index < -0.39 is 0 Å². The standard InChI is InChI=1S/C16H19N5/c1-12-8-15(20(2)19-12)9-16(17)13-10-18-21(11-13)14-6-4-3-5-7-14/h3-8,10-11,16H,9,17H2,1-2H3. The fourth-order valence-electron chi connectivity index (χ4n) is 2.45. The third kappa shape index (κ3) is 2.87. The molecule has 3 rings (SSSR count). The summed E-state index contributed by atoms with van der Waals surface area (Å²) in [6, 6.07) is 12.0. The molecule has 3 aromatic rings. The second-order valence-corrected chi connectivity index (χ2v) is 5.27. The first-order valence-electron chi connectivity index (χ1n) is 6.98. The van der Waals surface area contributed by atoms with Crippen LogP contribution < -0.4 is 5.73 Å². The molecule has 108 valence electrons. The van der Waals surface area contributed by atoms with Gasteiger partial charge in [0.25, 0.3) is 0 Å². The minimum Gasteiger partial charge on any atom is -0.324 e. The van der Waals surface area contributed by atoms with Crippen LogP contribution in [0.4, 0.5) is 0 Å². The minimum atomic E-state index is -0.0859. The number of para-hydroxylation sites is 1. The maximum atomic E-state index is 6.30. The molecule has 0 radical (unpaired) electrons. The SMILES string of the molecule is Cc1cc(CC(N)c2cnn(-c3ccccc3)c2)n(C)n1. The van der Waals surface area contributed by atoms with Crippen LogP contribution in [0.2, 0.25) is 0 Å². The van der Waals surface area contributed by atoms with Crippen LogP contribution in [0.25, 0.3) is 5.69 Å². The van der Waals surface area contributed by atoms with Crippen LogP contribution in [-0.2, 0) is 13.5 Å². The van der Waals surface area contributed by atoms with Crippen LogP contribution in [-0.4, -0.2) is 19.6 Å². The lowest BCUT2D eigenvalue weighted by atomic mass is 10.1. The van der Waals surface area contributed by atoms with Crippen LogP contribution in [0.1, 0.15) is 23.0 Å². The van der Waals surface area contributed by atoms with E-state index in [9.17, 15) is 0 Å². The Balaban J connectivity index is 1.78. The molecule has 0 amide bonds. The predicted molar refractivity (Wildman–Crippen MR) is 82.1 cm³/mol. The molecule has 1 atom stereocenters. The van der Waals surface area contributed by atoms with Gasteiger partial charge in [-0.3, -0.25) is 4.68 Å². The van der Waals surface area contributed by atoms with Gasteiger partial charge in [0.2, 0.25) is 0 Å². The van der Waals surface area contributed by atoms with Crippen molar-refractivity contribution in [3.05, 3.63) is 65.7 Å². The molecule has 0 fully saturated rings. The molecule has 0 saturated heterocycles. The fraction of sp³-hybridized carbons (Fsp3) is 0.250. The number of hydrogen-bond donors (Lipinski definition) is 1. The van der Waals surface area contributed by atoms with Gasteiger partial charge in [0, 0.05) is 37.0 Å². The summed E-state index contributed by atoms with van der Waals surface area (Å²) in [7, 11) is 1.95.